The molecule has 2 rings (SSSR count). The van der Waals surface area contributed by atoms with Gasteiger partial charge in [0.1, 0.15) is 5.82 Å². The zero-order valence-electron chi connectivity index (χ0n) is 12.2. The van der Waals surface area contributed by atoms with Crippen LogP contribution in [0.15, 0.2) is 42.7 Å². The molecule has 0 aliphatic carbocycles. The normalized spacial score (nSPS) is 10.8. The van der Waals surface area contributed by atoms with Crippen LogP contribution in [0, 0.1) is 0 Å². The summed E-state index contributed by atoms with van der Waals surface area (Å²) in [5.74, 6) is 0.934. The lowest BCUT2D eigenvalue weighted by atomic mass is 10.2. The molecule has 0 fully saturated rings. The van der Waals surface area contributed by atoms with E-state index in [2.05, 4.69) is 46.2 Å². The minimum atomic E-state index is 0.867. The van der Waals surface area contributed by atoms with Crippen molar-refractivity contribution in [1.82, 2.24) is 14.9 Å². The molecule has 1 N–H and O–H groups in total. The number of hydrogen-bond donors (Lipinski definition) is 1. The van der Waals surface area contributed by atoms with Crippen LogP contribution in [0.4, 0.5) is 5.82 Å². The minimum Gasteiger partial charge on any atom is -0.370 e. The Labute approximate surface area is 120 Å². The first-order valence-corrected chi connectivity index (χ1v) is 7.13. The predicted molar refractivity (Wildman–Crippen MR) is 82.4 cm³/mol. The average Bonchev–Trinajstić information content (AvgIpc) is 2.50. The Kier molecular flexibility index (Phi) is 5.50. The summed E-state index contributed by atoms with van der Waals surface area (Å²) in [6, 6.07) is 10.2. The van der Waals surface area contributed by atoms with Gasteiger partial charge in [-0.05, 0) is 37.2 Å². The Morgan fingerprint density at radius 2 is 1.95 bits per heavy atom. The quantitative estimate of drug-likeness (QED) is 0.840. The maximum Gasteiger partial charge on any atom is 0.125 e. The number of rotatable bonds is 7. The van der Waals surface area contributed by atoms with Crippen LogP contribution < -0.4 is 5.32 Å². The van der Waals surface area contributed by atoms with E-state index in [0.29, 0.717) is 0 Å². The summed E-state index contributed by atoms with van der Waals surface area (Å²) in [7, 11) is 0. The first kappa shape index (κ1) is 14.5. The van der Waals surface area contributed by atoms with Crippen LogP contribution >= 0.6 is 0 Å². The number of hydrogen-bond acceptors (Lipinski definition) is 4. The highest BCUT2D eigenvalue weighted by Gasteiger charge is 2.06. The third kappa shape index (κ3) is 4.31. The SMILES string of the molecule is CCNc1ccc(CN(CC)Cc2ccccn2)cn1. The second-order valence-corrected chi connectivity index (χ2v) is 4.71. The number of nitrogens with zero attached hydrogens (tertiary/aromatic N) is 3. The molecule has 2 aromatic rings. The number of anilines is 1. The lowest BCUT2D eigenvalue weighted by Crippen LogP contribution is -2.22. The van der Waals surface area contributed by atoms with Crippen molar-refractivity contribution >= 4 is 5.82 Å². The van der Waals surface area contributed by atoms with Crippen molar-refractivity contribution in [1.29, 1.82) is 0 Å². The Morgan fingerprint density at radius 1 is 1.05 bits per heavy atom. The van der Waals surface area contributed by atoms with E-state index in [4.69, 9.17) is 0 Å². The summed E-state index contributed by atoms with van der Waals surface area (Å²) in [6.45, 7) is 7.89. The first-order chi connectivity index (χ1) is 9.81. The molecule has 20 heavy (non-hydrogen) atoms. The van der Waals surface area contributed by atoms with Crippen molar-refractivity contribution < 1.29 is 0 Å². The van der Waals surface area contributed by atoms with Crippen LogP contribution in [0.1, 0.15) is 25.1 Å². The molecule has 0 bridgehead atoms. The summed E-state index contributed by atoms with van der Waals surface area (Å²) in [5, 5.41) is 3.21. The number of nitrogens with one attached hydrogen (secondary N) is 1. The fourth-order valence-corrected chi connectivity index (χ4v) is 2.06. The molecule has 0 spiro atoms. The van der Waals surface area contributed by atoms with Crippen molar-refractivity contribution in [2.24, 2.45) is 0 Å². The van der Waals surface area contributed by atoms with Gasteiger partial charge in [-0.2, -0.15) is 0 Å². The van der Waals surface area contributed by atoms with Crippen molar-refractivity contribution in [2.45, 2.75) is 26.9 Å². The molecule has 4 nitrogen and oxygen atoms in total. The van der Waals surface area contributed by atoms with Gasteiger partial charge >= 0.3 is 0 Å². The van der Waals surface area contributed by atoms with Gasteiger partial charge in [-0.1, -0.05) is 19.1 Å². The smallest absolute Gasteiger partial charge is 0.125 e. The summed E-state index contributed by atoms with van der Waals surface area (Å²) >= 11 is 0. The van der Waals surface area contributed by atoms with Crippen molar-refractivity contribution in [2.75, 3.05) is 18.4 Å². The second-order valence-electron chi connectivity index (χ2n) is 4.71. The molecule has 0 saturated carbocycles. The van der Waals surface area contributed by atoms with Crippen LogP contribution in [0.3, 0.4) is 0 Å². The summed E-state index contributed by atoms with van der Waals surface area (Å²) in [5.41, 5.74) is 2.33. The molecule has 0 radical (unpaired) electrons. The van der Waals surface area contributed by atoms with Crippen LogP contribution in [0.2, 0.25) is 0 Å². The molecule has 2 heterocycles. The highest BCUT2D eigenvalue weighted by atomic mass is 15.1. The van der Waals surface area contributed by atoms with Crippen molar-refractivity contribution in [3.8, 4) is 0 Å². The van der Waals surface area contributed by atoms with E-state index in [1.165, 1.54) is 5.56 Å². The van der Waals surface area contributed by atoms with Gasteiger partial charge in [0, 0.05) is 32.0 Å². The lowest BCUT2D eigenvalue weighted by Gasteiger charge is -2.20. The number of aromatic nitrogens is 2. The highest BCUT2D eigenvalue weighted by molar-refractivity contribution is 5.35. The molecule has 4 heteroatoms. The van der Waals surface area contributed by atoms with E-state index < -0.39 is 0 Å². The molecule has 106 valence electrons. The maximum atomic E-state index is 4.41. The molecule has 0 aromatic carbocycles. The first-order valence-electron chi connectivity index (χ1n) is 7.13. The summed E-state index contributed by atoms with van der Waals surface area (Å²) in [6.07, 6.45) is 3.79. The average molecular weight is 270 g/mol. The third-order valence-electron chi connectivity index (χ3n) is 3.15. The van der Waals surface area contributed by atoms with Crippen LogP contribution in [-0.2, 0) is 13.1 Å². The third-order valence-corrected chi connectivity index (χ3v) is 3.15. The van der Waals surface area contributed by atoms with E-state index in [1.54, 1.807) is 0 Å². The lowest BCUT2D eigenvalue weighted by molar-refractivity contribution is 0.268. The summed E-state index contributed by atoms with van der Waals surface area (Å²) in [4.78, 5) is 11.1. The van der Waals surface area contributed by atoms with Gasteiger partial charge in [0.2, 0.25) is 0 Å². The zero-order valence-corrected chi connectivity index (χ0v) is 12.2. The van der Waals surface area contributed by atoms with E-state index in [-0.39, 0.29) is 0 Å². The molecular weight excluding hydrogens is 248 g/mol. The zero-order chi connectivity index (χ0) is 14.2. The number of pyridine rings is 2. The molecule has 2 aromatic heterocycles. The Bertz CT molecular complexity index is 496. The largest absolute Gasteiger partial charge is 0.370 e. The van der Waals surface area contributed by atoms with Crippen LogP contribution in [0.5, 0.6) is 0 Å². The monoisotopic (exact) mass is 270 g/mol. The van der Waals surface area contributed by atoms with Crippen molar-refractivity contribution in [3.05, 3.63) is 54.0 Å². The van der Waals surface area contributed by atoms with Gasteiger partial charge in [-0.3, -0.25) is 9.88 Å². The van der Waals surface area contributed by atoms with Gasteiger partial charge in [0.15, 0.2) is 0 Å². The van der Waals surface area contributed by atoms with Gasteiger partial charge in [-0.15, -0.1) is 0 Å². The van der Waals surface area contributed by atoms with E-state index >= 15 is 0 Å². The van der Waals surface area contributed by atoms with E-state index in [0.717, 1.165) is 37.7 Å². The Balaban J connectivity index is 1.95. The molecule has 0 amide bonds. The van der Waals surface area contributed by atoms with Gasteiger partial charge in [0.05, 0.1) is 5.69 Å². The summed E-state index contributed by atoms with van der Waals surface area (Å²) < 4.78 is 0. The highest BCUT2D eigenvalue weighted by Crippen LogP contribution is 2.10. The molecular formula is C16H22N4. The fraction of sp³-hybridized carbons (Fsp3) is 0.375. The molecule has 0 unspecified atom stereocenters. The van der Waals surface area contributed by atoms with Gasteiger partial charge < -0.3 is 5.32 Å². The van der Waals surface area contributed by atoms with Crippen LogP contribution in [0.25, 0.3) is 0 Å². The molecule has 0 saturated heterocycles. The van der Waals surface area contributed by atoms with Gasteiger partial charge in [0.25, 0.3) is 0 Å². The van der Waals surface area contributed by atoms with Crippen molar-refractivity contribution in [3.63, 3.8) is 0 Å². The fourth-order valence-electron chi connectivity index (χ4n) is 2.06. The Morgan fingerprint density at radius 3 is 2.55 bits per heavy atom. The molecule has 0 aliphatic heterocycles. The predicted octanol–water partition coefficient (Wildman–Crippen LogP) is 2.93. The van der Waals surface area contributed by atoms with Crippen LogP contribution in [-0.4, -0.2) is 28.0 Å². The Hall–Kier alpha value is -1.94. The van der Waals surface area contributed by atoms with Gasteiger partial charge in [-0.25, -0.2) is 4.98 Å². The molecule has 0 atom stereocenters. The molecule has 0 aliphatic rings. The van der Waals surface area contributed by atoms with E-state index in [1.807, 2.05) is 30.6 Å². The van der Waals surface area contributed by atoms with E-state index in [9.17, 15) is 0 Å². The standard InChI is InChI=1S/C16H22N4/c1-3-17-16-9-8-14(11-19-16)12-20(4-2)13-15-7-5-6-10-18-15/h5-11H,3-4,12-13H2,1-2H3,(H,17,19). The minimum absolute atomic E-state index is 0.867. The second kappa shape index (κ2) is 7.60. The maximum absolute atomic E-state index is 4.41. The topological polar surface area (TPSA) is 41.0 Å².